The Morgan fingerprint density at radius 2 is 1.88 bits per heavy atom. The van der Waals surface area contributed by atoms with E-state index in [1.54, 1.807) is 4.90 Å². The van der Waals surface area contributed by atoms with Crippen molar-refractivity contribution < 1.29 is 18.7 Å². The predicted molar refractivity (Wildman–Crippen MR) is 89.8 cm³/mol. The number of halogens is 2. The van der Waals surface area contributed by atoms with Gasteiger partial charge in [-0.3, -0.25) is 9.20 Å². The highest BCUT2D eigenvalue weighted by molar-refractivity contribution is 5.91. The number of hydrogen-bond acceptors (Lipinski definition) is 5. The van der Waals surface area contributed by atoms with Gasteiger partial charge in [0, 0.05) is 33.2 Å². The van der Waals surface area contributed by atoms with Crippen LogP contribution in [0.3, 0.4) is 0 Å². The average Bonchev–Trinajstić information content (AvgIpc) is 2.57. The van der Waals surface area contributed by atoms with Crippen molar-refractivity contribution in [3.05, 3.63) is 39.8 Å². The maximum atomic E-state index is 15.1. The molecule has 0 aliphatic carbocycles. The van der Waals surface area contributed by atoms with Gasteiger partial charge in [0.1, 0.15) is 16.8 Å². The number of aromatic nitrogens is 1. The summed E-state index contributed by atoms with van der Waals surface area (Å²) in [5.74, 6) is -3.25. The molecule has 0 radical (unpaired) electrons. The topological polar surface area (TPSA) is 77.3 Å². The van der Waals surface area contributed by atoms with Crippen LogP contribution in [0.1, 0.15) is 10.4 Å². The number of nitrogens with zero attached hydrogens (tertiary/aromatic N) is 3. The maximum absolute atomic E-state index is 15.1. The van der Waals surface area contributed by atoms with E-state index in [9.17, 15) is 14.0 Å². The van der Waals surface area contributed by atoms with Crippen LogP contribution in [-0.4, -0.2) is 60.7 Å². The van der Waals surface area contributed by atoms with Crippen LogP contribution in [0, 0.1) is 11.6 Å². The summed E-state index contributed by atoms with van der Waals surface area (Å²) in [5.41, 5.74) is -1.82. The molecule has 134 valence electrons. The molecule has 1 fully saturated rings. The predicted octanol–water partition coefficient (Wildman–Crippen LogP) is 1.07. The summed E-state index contributed by atoms with van der Waals surface area (Å²) < 4.78 is 30.4. The number of aromatic carboxylic acids is 1. The average molecular weight is 352 g/mol. The van der Waals surface area contributed by atoms with E-state index in [2.05, 4.69) is 10.2 Å². The van der Waals surface area contributed by atoms with Crippen molar-refractivity contribution in [2.24, 2.45) is 0 Å². The zero-order chi connectivity index (χ0) is 18.3. The second kappa shape index (κ2) is 6.32. The van der Waals surface area contributed by atoms with E-state index in [-0.39, 0.29) is 16.9 Å². The van der Waals surface area contributed by atoms with E-state index in [1.165, 1.54) is 7.05 Å². The number of carboxylic acid groups (broad SMARTS) is 1. The van der Waals surface area contributed by atoms with Gasteiger partial charge >= 0.3 is 5.97 Å². The maximum Gasteiger partial charge on any atom is 0.341 e. The highest BCUT2D eigenvalue weighted by Crippen LogP contribution is 2.30. The third-order valence-corrected chi connectivity index (χ3v) is 4.44. The fraction of sp³-hybridized carbons (Fsp3) is 0.375. The molecule has 7 nitrogen and oxygen atoms in total. The van der Waals surface area contributed by atoms with Gasteiger partial charge in [-0.15, -0.1) is 0 Å². The van der Waals surface area contributed by atoms with Gasteiger partial charge in [-0.25, -0.2) is 13.6 Å². The van der Waals surface area contributed by atoms with Crippen LogP contribution in [0.25, 0.3) is 5.52 Å². The molecule has 0 unspecified atom stereocenters. The number of piperazine rings is 1. The first-order valence-electron chi connectivity index (χ1n) is 7.77. The number of pyridine rings is 2. The number of nitrogens with one attached hydrogen (secondary N) is 1. The van der Waals surface area contributed by atoms with Crippen molar-refractivity contribution in [3.8, 4) is 0 Å². The minimum Gasteiger partial charge on any atom is -0.477 e. The molecule has 2 aromatic heterocycles. The molecule has 1 aliphatic rings. The van der Waals surface area contributed by atoms with E-state index in [4.69, 9.17) is 5.11 Å². The van der Waals surface area contributed by atoms with E-state index in [0.29, 0.717) is 30.6 Å². The van der Waals surface area contributed by atoms with Gasteiger partial charge in [0.15, 0.2) is 11.6 Å². The van der Waals surface area contributed by atoms with Crippen molar-refractivity contribution >= 4 is 22.9 Å². The Morgan fingerprint density at radius 1 is 1.24 bits per heavy atom. The first-order chi connectivity index (χ1) is 11.8. The summed E-state index contributed by atoms with van der Waals surface area (Å²) in [4.78, 5) is 27.1. The lowest BCUT2D eigenvalue weighted by Gasteiger charge is -2.34. The van der Waals surface area contributed by atoms with Crippen molar-refractivity contribution in [3.63, 3.8) is 0 Å². The zero-order valence-corrected chi connectivity index (χ0v) is 13.8. The molecular formula is C16H18F2N4O3. The lowest BCUT2D eigenvalue weighted by molar-refractivity contribution is 0.0695. The van der Waals surface area contributed by atoms with Gasteiger partial charge in [-0.05, 0) is 13.1 Å². The minimum atomic E-state index is -1.46. The molecular weight excluding hydrogens is 334 g/mol. The molecule has 0 spiro atoms. The van der Waals surface area contributed by atoms with Gasteiger partial charge in [0.25, 0.3) is 5.56 Å². The molecule has 0 saturated carbocycles. The molecule has 9 heteroatoms. The summed E-state index contributed by atoms with van der Waals surface area (Å²) in [5, 5.41) is 11.8. The number of fused-ring (bicyclic) bond motifs is 1. The molecule has 0 amide bonds. The van der Waals surface area contributed by atoms with Crippen LogP contribution >= 0.6 is 0 Å². The Balaban J connectivity index is 2.28. The largest absolute Gasteiger partial charge is 0.477 e. The van der Waals surface area contributed by atoms with Crippen LogP contribution in [0.15, 0.2) is 17.1 Å². The van der Waals surface area contributed by atoms with Gasteiger partial charge in [-0.1, -0.05) is 0 Å². The van der Waals surface area contributed by atoms with Crippen molar-refractivity contribution in [2.45, 2.75) is 0 Å². The van der Waals surface area contributed by atoms with Gasteiger partial charge in [0.05, 0.1) is 11.9 Å². The molecule has 2 N–H and O–H groups in total. The first-order valence-corrected chi connectivity index (χ1v) is 7.77. The quantitative estimate of drug-likeness (QED) is 0.861. The van der Waals surface area contributed by atoms with Gasteiger partial charge < -0.3 is 20.2 Å². The fourth-order valence-corrected chi connectivity index (χ4v) is 3.04. The zero-order valence-electron chi connectivity index (χ0n) is 13.8. The lowest BCUT2D eigenvalue weighted by atomic mass is 10.1. The summed E-state index contributed by atoms with van der Waals surface area (Å²) in [6.45, 7) is 2.22. The summed E-state index contributed by atoms with van der Waals surface area (Å²) in [6, 6.07) is 1.06. The highest BCUT2D eigenvalue weighted by atomic mass is 19.1. The van der Waals surface area contributed by atoms with Crippen molar-refractivity contribution in [1.82, 2.24) is 9.30 Å². The van der Waals surface area contributed by atoms with Crippen LogP contribution < -0.4 is 15.8 Å². The number of likely N-dealkylation sites (N-methyl/N-ethyl adjacent to an activating group) is 1. The van der Waals surface area contributed by atoms with Crippen LogP contribution in [0.5, 0.6) is 0 Å². The SMILES string of the molecule is CNc1cc(C(=O)O)c(=O)n2cc(F)c(N3CCN(C)CC3)c(F)c12. The second-order valence-corrected chi connectivity index (χ2v) is 5.98. The smallest absolute Gasteiger partial charge is 0.341 e. The molecule has 0 bridgehead atoms. The Hall–Kier alpha value is -2.68. The van der Waals surface area contributed by atoms with Crippen molar-refractivity contribution in [1.29, 1.82) is 0 Å². The monoisotopic (exact) mass is 352 g/mol. The number of carboxylic acids is 1. The van der Waals surface area contributed by atoms with Gasteiger partial charge in [0.2, 0.25) is 0 Å². The number of carbonyl (C=O) groups is 1. The number of anilines is 2. The molecule has 0 aromatic carbocycles. The third-order valence-electron chi connectivity index (χ3n) is 4.44. The Kier molecular flexibility index (Phi) is 4.34. The molecule has 0 atom stereocenters. The molecule has 1 saturated heterocycles. The summed E-state index contributed by atoms with van der Waals surface area (Å²) in [6.07, 6.45) is 0.849. The van der Waals surface area contributed by atoms with Crippen molar-refractivity contribution in [2.75, 3.05) is 50.5 Å². The van der Waals surface area contributed by atoms with E-state index in [1.807, 2.05) is 7.05 Å². The lowest BCUT2D eigenvalue weighted by Crippen LogP contribution is -2.45. The summed E-state index contributed by atoms with van der Waals surface area (Å²) >= 11 is 0. The van der Waals surface area contributed by atoms with E-state index >= 15 is 4.39 Å². The van der Waals surface area contributed by atoms with E-state index in [0.717, 1.165) is 12.3 Å². The standard InChI is InChI=1S/C16H18F2N4O3/c1-19-11-7-9(16(24)25)15(23)22-8-10(17)13(12(18)14(11)22)21-5-3-20(2)4-6-21/h7-8,19H,3-6H2,1-2H3,(H,24,25). The van der Waals surface area contributed by atoms with Crippen LogP contribution in [-0.2, 0) is 0 Å². The Labute approximate surface area is 142 Å². The fourth-order valence-electron chi connectivity index (χ4n) is 3.04. The van der Waals surface area contributed by atoms with E-state index < -0.39 is 28.7 Å². The molecule has 3 heterocycles. The third kappa shape index (κ3) is 2.80. The molecule has 2 aromatic rings. The van der Waals surface area contributed by atoms with Crippen LogP contribution in [0.4, 0.5) is 20.2 Å². The van der Waals surface area contributed by atoms with Crippen LogP contribution in [0.2, 0.25) is 0 Å². The first kappa shape index (κ1) is 17.2. The minimum absolute atomic E-state index is 0.102. The second-order valence-electron chi connectivity index (χ2n) is 5.98. The Bertz CT molecular complexity index is 905. The molecule has 3 rings (SSSR count). The molecule has 25 heavy (non-hydrogen) atoms. The molecule has 1 aliphatic heterocycles. The normalized spacial score (nSPS) is 15.6. The number of hydrogen-bond donors (Lipinski definition) is 2. The number of rotatable bonds is 3. The summed E-state index contributed by atoms with van der Waals surface area (Å²) in [7, 11) is 3.40. The Morgan fingerprint density at radius 3 is 2.44 bits per heavy atom. The van der Waals surface area contributed by atoms with Gasteiger partial charge in [-0.2, -0.15) is 0 Å². The highest BCUT2D eigenvalue weighted by Gasteiger charge is 2.26.